The van der Waals surface area contributed by atoms with Crippen LogP contribution in [0.1, 0.15) is 19.8 Å². The topological polar surface area (TPSA) is 75.3 Å². The maximum Gasteiger partial charge on any atom is 0.405 e. The van der Waals surface area contributed by atoms with E-state index >= 15 is 0 Å². The Kier molecular flexibility index (Phi) is 5.19. The van der Waals surface area contributed by atoms with Crippen molar-refractivity contribution in [3.8, 4) is 0 Å². The van der Waals surface area contributed by atoms with E-state index in [4.69, 9.17) is 0 Å². The predicted octanol–water partition coefficient (Wildman–Crippen LogP) is 0.220. The second-order valence-electron chi connectivity index (χ2n) is 4.65. The fraction of sp³-hybridized carbons (Fsp3) is 0.900. The fourth-order valence-corrected chi connectivity index (χ4v) is 3.32. The maximum absolute atomic E-state index is 11.9. The number of carbonyl (C=O) groups is 1. The molecule has 112 valence electrons. The Morgan fingerprint density at radius 3 is 2.32 bits per heavy atom. The third-order valence-electron chi connectivity index (χ3n) is 2.90. The highest BCUT2D eigenvalue weighted by Gasteiger charge is 2.30. The third kappa shape index (κ3) is 6.24. The molecular formula is C10H17F3N2O3S. The molecule has 1 atom stereocenters. The van der Waals surface area contributed by atoms with Crippen molar-refractivity contribution in [1.29, 1.82) is 0 Å². The van der Waals surface area contributed by atoms with Crippen molar-refractivity contribution in [3.63, 3.8) is 0 Å². The van der Waals surface area contributed by atoms with Crippen molar-refractivity contribution in [1.82, 2.24) is 10.6 Å². The summed E-state index contributed by atoms with van der Waals surface area (Å²) in [5, 5.41) is 4.63. The summed E-state index contributed by atoms with van der Waals surface area (Å²) in [6, 6.07) is -0.941. The molecule has 0 saturated carbocycles. The van der Waals surface area contributed by atoms with Gasteiger partial charge in [0.25, 0.3) is 0 Å². The molecule has 9 heteroatoms. The normalized spacial score (nSPS) is 21.9. The van der Waals surface area contributed by atoms with Gasteiger partial charge < -0.3 is 10.6 Å². The highest BCUT2D eigenvalue weighted by Crippen LogP contribution is 2.14. The van der Waals surface area contributed by atoms with E-state index in [0.29, 0.717) is 12.8 Å². The molecule has 0 spiro atoms. The van der Waals surface area contributed by atoms with Gasteiger partial charge in [-0.05, 0) is 19.8 Å². The molecule has 1 heterocycles. The molecule has 0 radical (unpaired) electrons. The first kappa shape index (κ1) is 16.2. The van der Waals surface area contributed by atoms with Gasteiger partial charge in [-0.3, -0.25) is 4.79 Å². The number of amides is 1. The molecule has 1 unspecified atom stereocenters. The average Bonchev–Trinajstić information content (AvgIpc) is 2.27. The summed E-state index contributed by atoms with van der Waals surface area (Å²) in [6.07, 6.45) is -3.69. The second kappa shape index (κ2) is 6.08. The number of halogens is 3. The van der Waals surface area contributed by atoms with Gasteiger partial charge in [-0.1, -0.05) is 0 Å². The Bertz CT molecular complexity index is 408. The van der Waals surface area contributed by atoms with E-state index in [9.17, 15) is 26.4 Å². The Morgan fingerprint density at radius 1 is 1.32 bits per heavy atom. The summed E-state index contributed by atoms with van der Waals surface area (Å²) >= 11 is 0. The fourth-order valence-electron chi connectivity index (χ4n) is 1.83. The van der Waals surface area contributed by atoms with Crippen LogP contribution in [-0.4, -0.2) is 50.6 Å². The summed E-state index contributed by atoms with van der Waals surface area (Å²) in [4.78, 5) is 11.4. The van der Waals surface area contributed by atoms with E-state index < -0.39 is 34.5 Å². The van der Waals surface area contributed by atoms with Crippen molar-refractivity contribution in [2.75, 3.05) is 18.1 Å². The highest BCUT2D eigenvalue weighted by atomic mass is 32.2. The number of rotatable bonds is 4. The standard InChI is InChI=1S/C10H17F3N2O3S/c1-7(9(16)14-6-10(11,12)13)15-8-2-4-19(17,18)5-3-8/h7-8,15H,2-6H2,1H3,(H,14,16). The average molecular weight is 302 g/mol. The van der Waals surface area contributed by atoms with Crippen molar-refractivity contribution in [2.45, 2.75) is 38.0 Å². The molecule has 0 aromatic rings. The van der Waals surface area contributed by atoms with Crippen molar-refractivity contribution >= 4 is 15.7 Å². The summed E-state index contributed by atoms with van der Waals surface area (Å²) in [6.45, 7) is 0.0890. The molecule has 1 aliphatic rings. The second-order valence-corrected chi connectivity index (χ2v) is 6.95. The lowest BCUT2D eigenvalue weighted by Crippen LogP contribution is -2.50. The van der Waals surface area contributed by atoms with Gasteiger partial charge in [0.15, 0.2) is 0 Å². The van der Waals surface area contributed by atoms with Crippen LogP contribution < -0.4 is 10.6 Å². The largest absolute Gasteiger partial charge is 0.405 e. The maximum atomic E-state index is 11.9. The van der Waals surface area contributed by atoms with Crippen LogP contribution in [0.3, 0.4) is 0 Å². The van der Waals surface area contributed by atoms with Gasteiger partial charge in [0, 0.05) is 6.04 Å². The van der Waals surface area contributed by atoms with Gasteiger partial charge in [-0.2, -0.15) is 13.2 Å². The number of hydrogen-bond donors (Lipinski definition) is 2. The van der Waals surface area contributed by atoms with Crippen molar-refractivity contribution in [2.24, 2.45) is 0 Å². The SMILES string of the molecule is CC(NC1CCS(=O)(=O)CC1)C(=O)NCC(F)(F)F. The van der Waals surface area contributed by atoms with Gasteiger partial charge in [0.2, 0.25) is 5.91 Å². The Labute approximate surface area is 109 Å². The molecule has 0 aromatic heterocycles. The smallest absolute Gasteiger partial charge is 0.346 e. The van der Waals surface area contributed by atoms with Gasteiger partial charge in [0.05, 0.1) is 17.5 Å². The van der Waals surface area contributed by atoms with E-state index in [1.807, 2.05) is 0 Å². The molecule has 1 amide bonds. The summed E-state index contributed by atoms with van der Waals surface area (Å²) in [5.41, 5.74) is 0. The summed E-state index contributed by atoms with van der Waals surface area (Å²) < 4.78 is 58.2. The third-order valence-corrected chi connectivity index (χ3v) is 4.61. The number of sulfone groups is 1. The van der Waals surface area contributed by atoms with E-state index in [1.54, 1.807) is 5.32 Å². The van der Waals surface area contributed by atoms with E-state index in [1.165, 1.54) is 6.92 Å². The minimum atomic E-state index is -4.44. The Balaban J connectivity index is 2.35. The zero-order valence-corrected chi connectivity index (χ0v) is 11.3. The van der Waals surface area contributed by atoms with Gasteiger partial charge in [-0.25, -0.2) is 8.42 Å². The molecule has 1 rings (SSSR count). The molecule has 5 nitrogen and oxygen atoms in total. The molecule has 0 aromatic carbocycles. The monoisotopic (exact) mass is 302 g/mol. The molecule has 1 saturated heterocycles. The first-order chi connectivity index (χ1) is 8.59. The van der Waals surface area contributed by atoms with E-state index in [-0.39, 0.29) is 17.5 Å². The quantitative estimate of drug-likeness (QED) is 0.779. The minimum absolute atomic E-state index is 0.0432. The highest BCUT2D eigenvalue weighted by molar-refractivity contribution is 7.91. The molecular weight excluding hydrogens is 285 g/mol. The zero-order chi connectivity index (χ0) is 14.7. The number of hydrogen-bond acceptors (Lipinski definition) is 4. The number of carbonyl (C=O) groups excluding carboxylic acids is 1. The van der Waals surface area contributed by atoms with E-state index in [2.05, 4.69) is 5.32 Å². The van der Waals surface area contributed by atoms with Crippen LogP contribution in [0.15, 0.2) is 0 Å². The van der Waals surface area contributed by atoms with Gasteiger partial charge in [0.1, 0.15) is 16.4 Å². The summed E-state index contributed by atoms with van der Waals surface area (Å²) in [7, 11) is -2.99. The Morgan fingerprint density at radius 2 is 1.84 bits per heavy atom. The van der Waals surface area contributed by atoms with Crippen molar-refractivity contribution in [3.05, 3.63) is 0 Å². The lowest BCUT2D eigenvalue weighted by molar-refractivity contribution is -0.139. The van der Waals surface area contributed by atoms with Crippen LogP contribution >= 0.6 is 0 Å². The van der Waals surface area contributed by atoms with Gasteiger partial charge >= 0.3 is 6.18 Å². The minimum Gasteiger partial charge on any atom is -0.346 e. The van der Waals surface area contributed by atoms with Gasteiger partial charge in [-0.15, -0.1) is 0 Å². The van der Waals surface area contributed by atoms with Crippen LogP contribution in [0.2, 0.25) is 0 Å². The molecule has 0 bridgehead atoms. The predicted molar refractivity (Wildman–Crippen MR) is 63.3 cm³/mol. The first-order valence-corrected chi connectivity index (χ1v) is 7.72. The summed E-state index contributed by atoms with van der Waals surface area (Å²) in [5.74, 6) is -0.658. The molecule has 1 aliphatic heterocycles. The molecule has 2 N–H and O–H groups in total. The van der Waals surface area contributed by atoms with Crippen LogP contribution in [0.25, 0.3) is 0 Å². The van der Waals surface area contributed by atoms with Crippen LogP contribution in [0.4, 0.5) is 13.2 Å². The Hall–Kier alpha value is -0.830. The molecule has 0 aliphatic carbocycles. The van der Waals surface area contributed by atoms with Crippen molar-refractivity contribution < 1.29 is 26.4 Å². The van der Waals surface area contributed by atoms with Crippen LogP contribution in [0, 0.1) is 0 Å². The number of nitrogens with one attached hydrogen (secondary N) is 2. The first-order valence-electron chi connectivity index (χ1n) is 5.90. The van der Waals surface area contributed by atoms with Crippen LogP contribution in [-0.2, 0) is 14.6 Å². The lowest BCUT2D eigenvalue weighted by atomic mass is 10.1. The molecule has 1 fully saturated rings. The lowest BCUT2D eigenvalue weighted by Gasteiger charge is -2.26. The van der Waals surface area contributed by atoms with E-state index in [0.717, 1.165) is 0 Å². The number of alkyl halides is 3. The van der Waals surface area contributed by atoms with Crippen LogP contribution in [0.5, 0.6) is 0 Å². The molecule has 19 heavy (non-hydrogen) atoms. The zero-order valence-electron chi connectivity index (χ0n) is 10.5.